The molecule has 1 aromatic heterocycles. The number of nitrogens with zero attached hydrogens (tertiary/aromatic N) is 2. The molecule has 2 heterocycles. The zero-order chi connectivity index (χ0) is 15.5. The zero-order valence-corrected chi connectivity index (χ0v) is 13.3. The summed E-state index contributed by atoms with van der Waals surface area (Å²) >= 11 is 5.79. The number of carbonyl (C=O) groups excluding carboxylic acids is 1. The van der Waals surface area contributed by atoms with Gasteiger partial charge >= 0.3 is 0 Å². The molecule has 1 amide bonds. The van der Waals surface area contributed by atoms with Gasteiger partial charge in [0.2, 0.25) is 10.0 Å². The molecule has 1 aliphatic heterocycles. The van der Waals surface area contributed by atoms with Gasteiger partial charge in [-0.15, -0.1) is 0 Å². The van der Waals surface area contributed by atoms with E-state index in [4.69, 9.17) is 11.6 Å². The molecule has 1 fully saturated rings. The molecule has 0 spiro atoms. The molecule has 1 N–H and O–H groups in total. The molecule has 0 aliphatic carbocycles. The maximum Gasteiger partial charge on any atom is 0.252 e. The highest BCUT2D eigenvalue weighted by atomic mass is 35.5. The van der Waals surface area contributed by atoms with E-state index in [0.29, 0.717) is 30.2 Å². The summed E-state index contributed by atoms with van der Waals surface area (Å²) in [6.07, 6.45) is 5.84. The van der Waals surface area contributed by atoms with E-state index in [-0.39, 0.29) is 11.8 Å². The van der Waals surface area contributed by atoms with Crippen LogP contribution in [-0.4, -0.2) is 49.5 Å². The van der Waals surface area contributed by atoms with Gasteiger partial charge in [0.25, 0.3) is 5.91 Å². The Kier molecular flexibility index (Phi) is 5.18. The first-order valence-electron chi connectivity index (χ1n) is 6.70. The summed E-state index contributed by atoms with van der Waals surface area (Å²) in [7, 11) is -3.16. The van der Waals surface area contributed by atoms with Crippen LogP contribution in [-0.2, 0) is 10.0 Å². The van der Waals surface area contributed by atoms with Crippen molar-refractivity contribution in [2.75, 3.05) is 25.9 Å². The Bertz CT molecular complexity index is 621. The molecule has 0 bridgehead atoms. The Labute approximate surface area is 129 Å². The molecule has 1 atom stereocenters. The number of carbonyl (C=O) groups is 1. The summed E-state index contributed by atoms with van der Waals surface area (Å²) in [5.41, 5.74) is 0.401. The number of halogens is 1. The topological polar surface area (TPSA) is 79.4 Å². The summed E-state index contributed by atoms with van der Waals surface area (Å²) in [4.78, 5) is 15.8. The first-order valence-corrected chi connectivity index (χ1v) is 8.93. The van der Waals surface area contributed by atoms with Gasteiger partial charge in [-0.3, -0.25) is 9.78 Å². The van der Waals surface area contributed by atoms with Gasteiger partial charge in [-0.05, 0) is 24.8 Å². The third-order valence-corrected chi connectivity index (χ3v) is 4.95. The standard InChI is InChI=1S/C13H18ClN3O3S/c1-21(19,20)17-4-2-3-10(9-17)6-16-13(18)11-5-12(14)8-15-7-11/h5,7-8,10H,2-4,6,9H2,1H3,(H,16,18). The lowest BCUT2D eigenvalue weighted by Gasteiger charge is -2.30. The van der Waals surface area contributed by atoms with Crippen molar-refractivity contribution < 1.29 is 13.2 Å². The number of nitrogens with one attached hydrogen (secondary N) is 1. The second-order valence-corrected chi connectivity index (χ2v) is 7.65. The predicted molar refractivity (Wildman–Crippen MR) is 80.7 cm³/mol. The number of hydrogen-bond acceptors (Lipinski definition) is 4. The fraction of sp³-hybridized carbons (Fsp3) is 0.538. The molecule has 0 radical (unpaired) electrons. The predicted octanol–water partition coefficient (Wildman–Crippen LogP) is 1.14. The first-order chi connectivity index (χ1) is 9.86. The van der Waals surface area contributed by atoms with E-state index in [2.05, 4.69) is 10.3 Å². The second kappa shape index (κ2) is 6.72. The van der Waals surface area contributed by atoms with E-state index < -0.39 is 10.0 Å². The summed E-state index contributed by atoms with van der Waals surface area (Å²) in [5.74, 6) is -0.119. The molecule has 116 valence electrons. The summed E-state index contributed by atoms with van der Waals surface area (Å²) < 4.78 is 24.6. The molecule has 1 aliphatic rings. The number of amides is 1. The van der Waals surface area contributed by atoms with E-state index in [1.165, 1.54) is 23.0 Å². The minimum Gasteiger partial charge on any atom is -0.352 e. The summed E-state index contributed by atoms with van der Waals surface area (Å²) in [6, 6.07) is 1.55. The highest BCUT2D eigenvalue weighted by Gasteiger charge is 2.26. The van der Waals surface area contributed by atoms with Crippen molar-refractivity contribution in [3.8, 4) is 0 Å². The van der Waals surface area contributed by atoms with Crippen molar-refractivity contribution >= 4 is 27.5 Å². The Morgan fingerprint density at radius 1 is 1.52 bits per heavy atom. The normalized spacial score (nSPS) is 20.2. The number of hydrogen-bond donors (Lipinski definition) is 1. The van der Waals surface area contributed by atoms with E-state index in [1.54, 1.807) is 6.07 Å². The van der Waals surface area contributed by atoms with Crippen LogP contribution in [0.4, 0.5) is 0 Å². The van der Waals surface area contributed by atoms with Crippen LogP contribution >= 0.6 is 11.6 Å². The minimum atomic E-state index is -3.16. The van der Waals surface area contributed by atoms with Crippen molar-refractivity contribution in [1.29, 1.82) is 0 Å². The van der Waals surface area contributed by atoms with Crippen molar-refractivity contribution in [3.63, 3.8) is 0 Å². The molecule has 21 heavy (non-hydrogen) atoms. The van der Waals surface area contributed by atoms with Crippen LogP contribution in [0.2, 0.25) is 5.02 Å². The number of sulfonamides is 1. The average Bonchev–Trinajstić information content (AvgIpc) is 2.44. The van der Waals surface area contributed by atoms with Crippen LogP contribution in [0, 0.1) is 5.92 Å². The lowest BCUT2D eigenvalue weighted by atomic mass is 9.99. The minimum absolute atomic E-state index is 0.129. The fourth-order valence-electron chi connectivity index (χ4n) is 2.37. The van der Waals surface area contributed by atoms with Crippen molar-refractivity contribution in [2.24, 2.45) is 5.92 Å². The largest absolute Gasteiger partial charge is 0.352 e. The van der Waals surface area contributed by atoms with Gasteiger partial charge in [-0.25, -0.2) is 12.7 Å². The van der Waals surface area contributed by atoms with Crippen LogP contribution in [0.15, 0.2) is 18.5 Å². The van der Waals surface area contributed by atoms with Gasteiger partial charge < -0.3 is 5.32 Å². The smallest absolute Gasteiger partial charge is 0.252 e. The van der Waals surface area contributed by atoms with Crippen molar-refractivity contribution in [3.05, 3.63) is 29.0 Å². The van der Waals surface area contributed by atoms with Crippen LogP contribution in [0.3, 0.4) is 0 Å². The molecule has 8 heteroatoms. The molecule has 1 unspecified atom stereocenters. The Hall–Kier alpha value is -1.18. The number of aromatic nitrogens is 1. The van der Waals surface area contributed by atoms with E-state index in [0.717, 1.165) is 12.8 Å². The molecule has 1 saturated heterocycles. The molecular formula is C13H18ClN3O3S. The number of pyridine rings is 1. The lowest BCUT2D eigenvalue weighted by Crippen LogP contribution is -2.43. The van der Waals surface area contributed by atoms with Crippen LogP contribution < -0.4 is 5.32 Å². The Balaban J connectivity index is 1.89. The van der Waals surface area contributed by atoms with Gasteiger partial charge in [0, 0.05) is 32.0 Å². The van der Waals surface area contributed by atoms with Crippen LogP contribution in [0.5, 0.6) is 0 Å². The number of rotatable bonds is 4. The second-order valence-electron chi connectivity index (χ2n) is 5.23. The highest BCUT2D eigenvalue weighted by molar-refractivity contribution is 7.88. The number of piperidine rings is 1. The summed E-state index contributed by atoms with van der Waals surface area (Å²) in [6.45, 7) is 1.45. The molecular weight excluding hydrogens is 314 g/mol. The molecule has 0 aromatic carbocycles. The Morgan fingerprint density at radius 2 is 2.29 bits per heavy atom. The van der Waals surface area contributed by atoms with Crippen LogP contribution in [0.25, 0.3) is 0 Å². The van der Waals surface area contributed by atoms with E-state index in [9.17, 15) is 13.2 Å². The van der Waals surface area contributed by atoms with Crippen molar-refractivity contribution in [2.45, 2.75) is 12.8 Å². The first kappa shape index (κ1) is 16.2. The zero-order valence-electron chi connectivity index (χ0n) is 11.8. The molecule has 0 saturated carbocycles. The molecule has 2 rings (SSSR count). The van der Waals surface area contributed by atoms with E-state index in [1.807, 2.05) is 0 Å². The van der Waals surface area contributed by atoms with Gasteiger partial charge in [-0.1, -0.05) is 11.6 Å². The van der Waals surface area contributed by atoms with Gasteiger partial charge in [0.1, 0.15) is 0 Å². The van der Waals surface area contributed by atoms with Gasteiger partial charge in [0.05, 0.1) is 16.8 Å². The lowest BCUT2D eigenvalue weighted by molar-refractivity contribution is 0.0941. The molecule has 6 nitrogen and oxygen atoms in total. The third-order valence-electron chi connectivity index (χ3n) is 3.47. The monoisotopic (exact) mass is 331 g/mol. The fourth-order valence-corrected chi connectivity index (χ4v) is 3.49. The highest BCUT2D eigenvalue weighted by Crippen LogP contribution is 2.18. The van der Waals surface area contributed by atoms with Gasteiger partial charge in [-0.2, -0.15) is 0 Å². The quantitative estimate of drug-likeness (QED) is 0.897. The van der Waals surface area contributed by atoms with Gasteiger partial charge in [0.15, 0.2) is 0 Å². The van der Waals surface area contributed by atoms with Crippen molar-refractivity contribution in [1.82, 2.24) is 14.6 Å². The van der Waals surface area contributed by atoms with E-state index >= 15 is 0 Å². The molecule has 1 aromatic rings. The van der Waals surface area contributed by atoms with Crippen LogP contribution in [0.1, 0.15) is 23.2 Å². The summed E-state index contributed by atoms with van der Waals surface area (Å²) in [5, 5.41) is 3.21. The Morgan fingerprint density at radius 3 is 2.95 bits per heavy atom. The third kappa shape index (κ3) is 4.66. The SMILES string of the molecule is CS(=O)(=O)N1CCCC(CNC(=O)c2cncc(Cl)c2)C1. The maximum atomic E-state index is 12.0. The maximum absolute atomic E-state index is 12.0. The average molecular weight is 332 g/mol.